The highest BCUT2D eigenvalue weighted by Gasteiger charge is 2.18. The van der Waals surface area contributed by atoms with Crippen molar-refractivity contribution in [3.8, 4) is 0 Å². The summed E-state index contributed by atoms with van der Waals surface area (Å²) < 4.78 is 15.2. The topological polar surface area (TPSA) is 177 Å². The summed E-state index contributed by atoms with van der Waals surface area (Å²) in [6, 6.07) is 0. The molecule has 0 spiro atoms. The summed E-state index contributed by atoms with van der Waals surface area (Å²) in [5.41, 5.74) is 0. The van der Waals surface area contributed by atoms with Gasteiger partial charge in [-0.25, -0.2) is 0 Å². The molecule has 278 valence electrons. The van der Waals surface area contributed by atoms with Crippen LogP contribution in [0.4, 0.5) is 0 Å². The van der Waals surface area contributed by atoms with Crippen LogP contribution in [0.25, 0.3) is 0 Å². The molecule has 0 amide bonds. The van der Waals surface area contributed by atoms with Crippen molar-refractivity contribution in [1.29, 1.82) is 0 Å². The van der Waals surface area contributed by atoms with E-state index < -0.39 is 18.2 Å². The van der Waals surface area contributed by atoms with Crippen LogP contribution in [0.1, 0.15) is 156 Å². The zero-order valence-electron chi connectivity index (χ0n) is 29.9. The van der Waals surface area contributed by atoms with Gasteiger partial charge in [-0.2, -0.15) is 0 Å². The maximum absolute atomic E-state index is 11.5. The normalized spacial score (nSPS) is 10.7. The first-order valence-electron chi connectivity index (χ1n) is 17.9. The number of hydrogen-bond donors (Lipinski definition) is 4. The first-order valence-corrected chi connectivity index (χ1v) is 17.9. The zero-order chi connectivity index (χ0) is 36.0. The lowest BCUT2D eigenvalue weighted by atomic mass is 10.1. The average Bonchev–Trinajstić information content (AvgIpc) is 3.04. The molecule has 0 aliphatic carbocycles. The minimum Gasteiger partial charge on any atom is -0.481 e. The van der Waals surface area contributed by atoms with Gasteiger partial charge in [-0.3, -0.25) is 19.2 Å². The van der Waals surface area contributed by atoms with Crippen molar-refractivity contribution in [2.75, 3.05) is 26.4 Å². The van der Waals surface area contributed by atoms with Gasteiger partial charge in [0, 0.05) is 25.7 Å². The summed E-state index contributed by atoms with van der Waals surface area (Å²) in [5, 5.41) is 32.5. The van der Waals surface area contributed by atoms with Gasteiger partial charge in [0.15, 0.2) is 6.10 Å². The second-order valence-corrected chi connectivity index (χ2v) is 11.5. The predicted molar refractivity (Wildman–Crippen MR) is 184 cm³/mol. The van der Waals surface area contributed by atoms with Crippen LogP contribution in [0.3, 0.4) is 0 Å². The smallest absolute Gasteiger partial charge is 0.306 e. The molecule has 11 heteroatoms. The molecule has 0 rings (SSSR count). The SMILES string of the molecule is CCCC(=O)OCC(COC(=O)CCC)OC(=O)CCC.CCCCCCCC/C=C\CCCCCCCC(=O)O.OCC(O)CO. The molecule has 0 radical (unpaired) electrons. The number of rotatable bonds is 28. The second kappa shape index (κ2) is 39.7. The van der Waals surface area contributed by atoms with Crippen LogP contribution < -0.4 is 0 Å². The number of carbonyl (C=O) groups is 4. The zero-order valence-corrected chi connectivity index (χ0v) is 29.9. The van der Waals surface area contributed by atoms with Crippen LogP contribution in [0, 0.1) is 0 Å². The van der Waals surface area contributed by atoms with Crippen LogP contribution in [0.5, 0.6) is 0 Å². The van der Waals surface area contributed by atoms with Crippen LogP contribution in [0.15, 0.2) is 12.2 Å². The van der Waals surface area contributed by atoms with E-state index in [-0.39, 0.29) is 50.8 Å². The van der Waals surface area contributed by atoms with E-state index in [0.29, 0.717) is 38.5 Å². The Hall–Kier alpha value is -2.50. The third kappa shape index (κ3) is 43.5. The summed E-state index contributed by atoms with van der Waals surface area (Å²) >= 11 is 0. The van der Waals surface area contributed by atoms with E-state index in [2.05, 4.69) is 19.1 Å². The van der Waals surface area contributed by atoms with E-state index in [0.717, 1.165) is 12.8 Å². The van der Waals surface area contributed by atoms with Gasteiger partial charge in [0.2, 0.25) is 0 Å². The van der Waals surface area contributed by atoms with E-state index in [4.69, 9.17) is 34.6 Å². The van der Waals surface area contributed by atoms with Crippen LogP contribution >= 0.6 is 0 Å². The van der Waals surface area contributed by atoms with E-state index in [1.807, 2.05) is 20.8 Å². The Morgan fingerprint density at radius 1 is 0.553 bits per heavy atom. The number of carboxylic acids is 1. The second-order valence-electron chi connectivity index (χ2n) is 11.5. The van der Waals surface area contributed by atoms with Gasteiger partial charge in [0.1, 0.15) is 19.3 Å². The number of allylic oxidation sites excluding steroid dienone is 2. The van der Waals surface area contributed by atoms with E-state index in [1.165, 1.54) is 70.6 Å². The molecular weight excluding hydrogens is 608 g/mol. The first-order chi connectivity index (χ1) is 22.6. The molecule has 0 atom stereocenters. The van der Waals surface area contributed by atoms with Gasteiger partial charge in [0.25, 0.3) is 0 Å². The van der Waals surface area contributed by atoms with Gasteiger partial charge in [-0.05, 0) is 51.4 Å². The number of aliphatic carboxylic acids is 1. The Labute approximate surface area is 284 Å². The van der Waals surface area contributed by atoms with Crippen LogP contribution in [-0.4, -0.2) is 82.9 Å². The van der Waals surface area contributed by atoms with Crippen molar-refractivity contribution in [3.05, 3.63) is 12.2 Å². The monoisotopic (exact) mass is 676 g/mol. The van der Waals surface area contributed by atoms with Crippen molar-refractivity contribution < 1.29 is 53.8 Å². The summed E-state index contributed by atoms with van der Waals surface area (Å²) in [6.07, 6.45) is 22.5. The summed E-state index contributed by atoms with van der Waals surface area (Å²) in [4.78, 5) is 44.5. The highest BCUT2D eigenvalue weighted by atomic mass is 16.6. The number of carboxylic acid groups (broad SMARTS) is 1. The molecule has 0 aliphatic rings. The van der Waals surface area contributed by atoms with Crippen LogP contribution in [-0.2, 0) is 33.4 Å². The largest absolute Gasteiger partial charge is 0.481 e. The quantitative estimate of drug-likeness (QED) is 0.0296. The van der Waals surface area contributed by atoms with Crippen molar-refractivity contribution in [2.45, 2.75) is 168 Å². The van der Waals surface area contributed by atoms with Gasteiger partial charge >= 0.3 is 23.9 Å². The fraction of sp³-hybridized carbons (Fsp3) is 0.833. The highest BCUT2D eigenvalue weighted by Crippen LogP contribution is 2.10. The molecule has 0 aromatic carbocycles. The Bertz CT molecular complexity index is 729. The summed E-state index contributed by atoms with van der Waals surface area (Å²) in [7, 11) is 0. The predicted octanol–water partition coefficient (Wildman–Crippen LogP) is 6.83. The standard InChI is InChI=1S/C18H34O2.C15H26O6.C3H8O3/c1-2-3-4-5-6-7-8-9-10-11-12-13-14-15-16-17-18(19)20;1-4-7-13(16)19-10-12(21-15(18)9-6-3)11-20-14(17)8-5-2;4-1-3(6)2-5/h9-10H,2-8,11-17H2,1H3,(H,19,20);12H,4-11H2,1-3H3;3-6H,1-2H2/b10-9-;;. The van der Waals surface area contributed by atoms with E-state index in [9.17, 15) is 19.2 Å². The molecule has 0 unspecified atom stereocenters. The molecule has 0 aliphatic heterocycles. The van der Waals surface area contributed by atoms with E-state index in [1.54, 1.807) is 0 Å². The van der Waals surface area contributed by atoms with Gasteiger partial charge in [-0.1, -0.05) is 91.2 Å². The molecule has 0 saturated heterocycles. The van der Waals surface area contributed by atoms with Gasteiger partial charge in [-0.15, -0.1) is 0 Å². The summed E-state index contributed by atoms with van der Waals surface area (Å²) in [5.74, 6) is -1.76. The number of aliphatic hydroxyl groups is 3. The number of esters is 3. The molecule has 0 saturated carbocycles. The van der Waals surface area contributed by atoms with Crippen molar-refractivity contribution in [1.82, 2.24) is 0 Å². The molecule has 0 bridgehead atoms. The lowest BCUT2D eigenvalue weighted by molar-refractivity contribution is -0.166. The Balaban J connectivity index is -0.000000702. The molecular formula is C36H68O11. The highest BCUT2D eigenvalue weighted by molar-refractivity contribution is 5.71. The molecule has 0 aromatic rings. The number of hydrogen-bond acceptors (Lipinski definition) is 10. The molecule has 0 aromatic heterocycles. The van der Waals surface area contributed by atoms with Gasteiger partial charge < -0.3 is 34.6 Å². The third-order valence-corrected chi connectivity index (χ3v) is 6.59. The lowest BCUT2D eigenvalue weighted by Gasteiger charge is -2.18. The fourth-order valence-corrected chi connectivity index (χ4v) is 3.89. The molecule has 11 nitrogen and oxygen atoms in total. The third-order valence-electron chi connectivity index (χ3n) is 6.59. The minimum absolute atomic E-state index is 0.0896. The Morgan fingerprint density at radius 3 is 1.34 bits per heavy atom. The van der Waals surface area contributed by atoms with Crippen molar-refractivity contribution in [3.63, 3.8) is 0 Å². The number of unbranched alkanes of at least 4 members (excludes halogenated alkanes) is 11. The van der Waals surface area contributed by atoms with Crippen molar-refractivity contribution >= 4 is 23.9 Å². The minimum atomic E-state index is -0.954. The van der Waals surface area contributed by atoms with Crippen molar-refractivity contribution in [2.24, 2.45) is 0 Å². The fourth-order valence-electron chi connectivity index (χ4n) is 3.89. The van der Waals surface area contributed by atoms with E-state index >= 15 is 0 Å². The molecule has 0 fully saturated rings. The average molecular weight is 677 g/mol. The number of ether oxygens (including phenoxy) is 3. The maximum Gasteiger partial charge on any atom is 0.306 e. The first kappa shape index (κ1) is 48.9. The molecule has 47 heavy (non-hydrogen) atoms. The Morgan fingerprint density at radius 2 is 0.957 bits per heavy atom. The Kier molecular flexibility index (Phi) is 41.3. The number of aliphatic hydroxyl groups excluding tert-OH is 3. The lowest BCUT2D eigenvalue weighted by Crippen LogP contribution is -2.30. The van der Waals surface area contributed by atoms with Gasteiger partial charge in [0.05, 0.1) is 13.2 Å². The molecule has 4 N–H and O–H groups in total. The summed E-state index contributed by atoms with van der Waals surface area (Å²) in [6.45, 7) is 6.95. The maximum atomic E-state index is 11.5. The molecule has 0 heterocycles. The van der Waals surface area contributed by atoms with Crippen LogP contribution in [0.2, 0.25) is 0 Å². The number of carbonyl (C=O) groups excluding carboxylic acids is 3.